The molecule has 0 aliphatic rings. The molecule has 0 radical (unpaired) electrons. The van der Waals surface area contributed by atoms with E-state index >= 15 is 0 Å². The molecule has 0 aromatic carbocycles. The first-order chi connectivity index (χ1) is 3.68. The Kier molecular flexibility index (Phi) is 11.6. The van der Waals surface area contributed by atoms with Crippen molar-refractivity contribution >= 4 is 0 Å². The fourth-order valence-corrected chi connectivity index (χ4v) is 0.750. The molecule has 66 valence electrons. The zero-order valence-corrected chi connectivity index (χ0v) is 6.78. The molecule has 0 aromatic heterocycles. The number of aliphatic hydroxyl groups is 1. The van der Waals surface area contributed by atoms with Crippen LogP contribution in [0.3, 0.4) is 0 Å². The van der Waals surface area contributed by atoms with Crippen LogP contribution in [-0.4, -0.2) is 10.7 Å². The van der Waals surface area contributed by atoms with E-state index in [1.165, 1.54) is 0 Å². The number of hydrogen-bond donors (Lipinski definition) is 2. The van der Waals surface area contributed by atoms with E-state index in [1.807, 2.05) is 20.8 Å². The van der Waals surface area contributed by atoms with Crippen LogP contribution in [0.4, 0.5) is 0 Å². The molecule has 0 bridgehead atoms. The van der Waals surface area contributed by atoms with Crippen molar-refractivity contribution in [2.24, 2.45) is 0 Å². The zero-order valence-electron chi connectivity index (χ0n) is 6.78. The second-order valence-electron chi connectivity index (χ2n) is 2.29. The third-order valence-corrected chi connectivity index (χ3v) is 1.97. The SMILES string of the molecule is C.CCC(O)(CC)CC.N. The Hall–Kier alpha value is -0.0800. The number of hydrogen-bond acceptors (Lipinski definition) is 2. The van der Waals surface area contributed by atoms with Gasteiger partial charge < -0.3 is 11.3 Å². The maximum atomic E-state index is 9.44. The highest BCUT2D eigenvalue weighted by molar-refractivity contribution is 4.71. The molecular weight excluding hydrogens is 126 g/mol. The van der Waals surface area contributed by atoms with E-state index in [4.69, 9.17) is 0 Å². The maximum Gasteiger partial charge on any atom is 0.0640 e. The summed E-state index contributed by atoms with van der Waals surface area (Å²) in [6, 6.07) is 0. The van der Waals surface area contributed by atoms with E-state index in [0.717, 1.165) is 19.3 Å². The molecule has 2 heteroatoms. The van der Waals surface area contributed by atoms with Crippen molar-refractivity contribution in [3.63, 3.8) is 0 Å². The summed E-state index contributed by atoms with van der Waals surface area (Å²) in [5, 5.41) is 9.44. The largest absolute Gasteiger partial charge is 0.390 e. The Morgan fingerprint density at radius 1 is 1.00 bits per heavy atom. The van der Waals surface area contributed by atoms with Crippen LogP contribution >= 0.6 is 0 Å². The predicted octanol–water partition coefficient (Wildman–Crippen LogP) is 2.75. The van der Waals surface area contributed by atoms with Gasteiger partial charge in [-0.2, -0.15) is 0 Å². The first-order valence-electron chi connectivity index (χ1n) is 3.41. The number of rotatable bonds is 3. The molecular formula is C8H23NO. The summed E-state index contributed by atoms with van der Waals surface area (Å²) in [4.78, 5) is 0. The molecule has 0 amide bonds. The molecule has 2 nitrogen and oxygen atoms in total. The van der Waals surface area contributed by atoms with Gasteiger partial charge in [-0.25, -0.2) is 0 Å². The monoisotopic (exact) mass is 149 g/mol. The van der Waals surface area contributed by atoms with Gasteiger partial charge in [0, 0.05) is 0 Å². The van der Waals surface area contributed by atoms with Gasteiger partial charge >= 0.3 is 0 Å². The van der Waals surface area contributed by atoms with Crippen molar-refractivity contribution in [3.05, 3.63) is 0 Å². The lowest BCUT2D eigenvalue weighted by Crippen LogP contribution is -2.24. The van der Waals surface area contributed by atoms with E-state index in [2.05, 4.69) is 0 Å². The summed E-state index contributed by atoms with van der Waals surface area (Å²) in [6.45, 7) is 6.06. The highest BCUT2D eigenvalue weighted by atomic mass is 16.3. The highest BCUT2D eigenvalue weighted by Crippen LogP contribution is 2.17. The molecule has 10 heavy (non-hydrogen) atoms. The van der Waals surface area contributed by atoms with Crippen molar-refractivity contribution in [1.82, 2.24) is 6.15 Å². The van der Waals surface area contributed by atoms with Crippen LogP contribution in [0.1, 0.15) is 47.5 Å². The predicted molar refractivity (Wildman–Crippen MR) is 47.6 cm³/mol. The third kappa shape index (κ3) is 4.77. The highest BCUT2D eigenvalue weighted by Gasteiger charge is 2.17. The molecule has 0 heterocycles. The van der Waals surface area contributed by atoms with Crippen LogP contribution < -0.4 is 6.15 Å². The van der Waals surface area contributed by atoms with Crippen LogP contribution in [-0.2, 0) is 0 Å². The Labute approximate surface area is 65.2 Å². The minimum absolute atomic E-state index is 0. The van der Waals surface area contributed by atoms with Gasteiger partial charge in [0.15, 0.2) is 0 Å². The lowest BCUT2D eigenvalue weighted by Gasteiger charge is -2.22. The van der Waals surface area contributed by atoms with E-state index in [-0.39, 0.29) is 19.2 Å². The van der Waals surface area contributed by atoms with E-state index in [9.17, 15) is 5.11 Å². The van der Waals surface area contributed by atoms with Gasteiger partial charge in [-0.3, -0.25) is 0 Å². The van der Waals surface area contributed by atoms with Gasteiger partial charge in [-0.15, -0.1) is 0 Å². The van der Waals surface area contributed by atoms with Crippen molar-refractivity contribution in [3.8, 4) is 0 Å². The minimum atomic E-state index is -0.375. The van der Waals surface area contributed by atoms with Crippen molar-refractivity contribution in [2.45, 2.75) is 53.1 Å². The van der Waals surface area contributed by atoms with Crippen LogP contribution in [0.2, 0.25) is 0 Å². The van der Waals surface area contributed by atoms with E-state index < -0.39 is 0 Å². The topological polar surface area (TPSA) is 55.2 Å². The first-order valence-corrected chi connectivity index (χ1v) is 3.41. The van der Waals surface area contributed by atoms with Crippen molar-refractivity contribution < 1.29 is 5.11 Å². The average Bonchev–Trinajstić information content (AvgIpc) is 1.87. The van der Waals surface area contributed by atoms with Gasteiger partial charge in [0.1, 0.15) is 0 Å². The van der Waals surface area contributed by atoms with Gasteiger partial charge in [0.2, 0.25) is 0 Å². The molecule has 0 atom stereocenters. The zero-order chi connectivity index (χ0) is 6.62. The summed E-state index contributed by atoms with van der Waals surface area (Å²) >= 11 is 0. The second-order valence-corrected chi connectivity index (χ2v) is 2.29. The summed E-state index contributed by atoms with van der Waals surface area (Å²) < 4.78 is 0. The summed E-state index contributed by atoms with van der Waals surface area (Å²) in [5.41, 5.74) is -0.375. The fourth-order valence-electron chi connectivity index (χ4n) is 0.750. The molecule has 0 aromatic rings. The summed E-state index contributed by atoms with van der Waals surface area (Å²) in [6.07, 6.45) is 2.62. The molecule has 0 aliphatic carbocycles. The van der Waals surface area contributed by atoms with Gasteiger partial charge in [0.25, 0.3) is 0 Å². The Morgan fingerprint density at radius 2 is 1.20 bits per heavy atom. The molecule has 0 fully saturated rings. The Bertz CT molecular complexity index is 52.0. The van der Waals surface area contributed by atoms with Gasteiger partial charge in [0.05, 0.1) is 5.60 Å². The third-order valence-electron chi connectivity index (χ3n) is 1.97. The lowest BCUT2D eigenvalue weighted by atomic mass is 9.95. The molecule has 0 rings (SSSR count). The smallest absolute Gasteiger partial charge is 0.0640 e. The lowest BCUT2D eigenvalue weighted by molar-refractivity contribution is 0.0285. The van der Waals surface area contributed by atoms with Crippen LogP contribution in [0.15, 0.2) is 0 Å². The molecule has 4 N–H and O–H groups in total. The quantitative estimate of drug-likeness (QED) is 0.648. The Balaban J connectivity index is -0.000000245. The van der Waals surface area contributed by atoms with E-state index in [0.29, 0.717) is 0 Å². The second kappa shape index (κ2) is 7.03. The summed E-state index contributed by atoms with van der Waals surface area (Å²) in [5.74, 6) is 0. The Morgan fingerprint density at radius 3 is 1.20 bits per heavy atom. The standard InChI is InChI=1S/C7H16O.CH4.H3N/c1-4-7(8,5-2)6-3;;/h8H,4-6H2,1-3H3;1H4;1H3. The van der Waals surface area contributed by atoms with Crippen LogP contribution in [0, 0.1) is 0 Å². The van der Waals surface area contributed by atoms with Crippen molar-refractivity contribution in [1.29, 1.82) is 0 Å². The molecule has 0 saturated heterocycles. The van der Waals surface area contributed by atoms with Gasteiger partial charge in [-0.1, -0.05) is 28.2 Å². The molecule has 0 spiro atoms. The van der Waals surface area contributed by atoms with Crippen molar-refractivity contribution in [2.75, 3.05) is 0 Å². The molecule has 0 unspecified atom stereocenters. The molecule has 0 aliphatic heterocycles. The van der Waals surface area contributed by atoms with Crippen LogP contribution in [0.5, 0.6) is 0 Å². The summed E-state index contributed by atoms with van der Waals surface area (Å²) in [7, 11) is 0. The fraction of sp³-hybridized carbons (Fsp3) is 1.00. The molecule has 0 saturated carbocycles. The van der Waals surface area contributed by atoms with Crippen LogP contribution in [0.25, 0.3) is 0 Å². The normalized spacial score (nSPS) is 9.60. The average molecular weight is 149 g/mol. The maximum absolute atomic E-state index is 9.44. The van der Waals surface area contributed by atoms with E-state index in [1.54, 1.807) is 0 Å². The first kappa shape index (κ1) is 16.5. The van der Waals surface area contributed by atoms with Gasteiger partial charge in [-0.05, 0) is 19.3 Å². The minimum Gasteiger partial charge on any atom is -0.390 e.